The largest absolute Gasteiger partial charge is 0.485 e. The molecule has 1 aliphatic carbocycles. The molecule has 1 N–H and O–H groups in total. The Bertz CT molecular complexity index is 1410. The van der Waals surface area contributed by atoms with Crippen LogP contribution in [-0.4, -0.2) is 26.2 Å². The van der Waals surface area contributed by atoms with Gasteiger partial charge in [0.05, 0.1) is 17.2 Å². The highest BCUT2D eigenvalue weighted by Crippen LogP contribution is 2.44. The first-order chi connectivity index (χ1) is 16.3. The standard InChI is InChI=1S/C25H20F2N2O4S/c1-13-22(20(30)11-15-16(25(31)32)10-14-7-9-34-23(14)15)29-8-3-6-21(24(29)28-13)33-12-17-18(26)4-2-5-19(17)27/h2-9,15-16H,10-12H2,1H3,(H,31,32)/t15-,16+/m0/s1. The monoisotopic (exact) mass is 482 g/mol. The van der Waals surface area contributed by atoms with Crippen molar-refractivity contribution in [2.45, 2.75) is 32.3 Å². The molecule has 174 valence electrons. The van der Waals surface area contributed by atoms with E-state index in [9.17, 15) is 23.5 Å². The molecule has 0 fully saturated rings. The fraction of sp³-hybridized carbons (Fsp3) is 0.240. The maximum atomic E-state index is 14.0. The van der Waals surface area contributed by atoms with Crippen molar-refractivity contribution in [3.8, 4) is 5.75 Å². The summed E-state index contributed by atoms with van der Waals surface area (Å²) in [4.78, 5) is 30.6. The Morgan fingerprint density at radius 2 is 1.97 bits per heavy atom. The van der Waals surface area contributed by atoms with Crippen molar-refractivity contribution in [1.29, 1.82) is 0 Å². The maximum Gasteiger partial charge on any atom is 0.307 e. The van der Waals surface area contributed by atoms with Crippen LogP contribution in [-0.2, 0) is 17.8 Å². The number of carboxylic acids is 1. The van der Waals surface area contributed by atoms with Gasteiger partial charge >= 0.3 is 5.97 Å². The van der Waals surface area contributed by atoms with Gasteiger partial charge in [-0.1, -0.05) is 6.07 Å². The number of aliphatic carboxylic acids is 1. The number of nitrogens with zero attached hydrogens (tertiary/aromatic N) is 2. The van der Waals surface area contributed by atoms with E-state index in [4.69, 9.17) is 4.74 Å². The number of ether oxygens (including phenoxy) is 1. The number of thiophene rings is 1. The van der Waals surface area contributed by atoms with Crippen molar-refractivity contribution >= 4 is 28.7 Å². The van der Waals surface area contributed by atoms with Gasteiger partial charge in [-0.25, -0.2) is 13.8 Å². The van der Waals surface area contributed by atoms with Crippen LogP contribution < -0.4 is 4.74 Å². The van der Waals surface area contributed by atoms with Crippen LogP contribution in [0.4, 0.5) is 8.78 Å². The third-order valence-corrected chi connectivity index (χ3v) is 7.34. The number of benzene rings is 1. The van der Waals surface area contributed by atoms with Crippen molar-refractivity contribution in [3.63, 3.8) is 0 Å². The zero-order chi connectivity index (χ0) is 24.0. The Morgan fingerprint density at radius 3 is 2.71 bits per heavy atom. The molecule has 3 heterocycles. The molecule has 0 saturated carbocycles. The van der Waals surface area contributed by atoms with Crippen LogP contribution in [0.15, 0.2) is 48.0 Å². The van der Waals surface area contributed by atoms with Crippen LogP contribution in [0.2, 0.25) is 0 Å². The molecular formula is C25H20F2N2O4S. The van der Waals surface area contributed by atoms with Gasteiger partial charge in [0.1, 0.15) is 23.9 Å². The highest BCUT2D eigenvalue weighted by Gasteiger charge is 2.40. The van der Waals surface area contributed by atoms with Gasteiger partial charge in [0.25, 0.3) is 0 Å². The van der Waals surface area contributed by atoms with E-state index in [1.165, 1.54) is 17.4 Å². The molecule has 0 bridgehead atoms. The molecule has 0 saturated heterocycles. The number of carboxylic acid groups (broad SMARTS) is 1. The van der Waals surface area contributed by atoms with Crippen LogP contribution in [0.1, 0.15) is 44.5 Å². The maximum absolute atomic E-state index is 14.0. The fourth-order valence-corrected chi connectivity index (χ4v) is 5.72. The van der Waals surface area contributed by atoms with Gasteiger partial charge in [0.15, 0.2) is 17.2 Å². The van der Waals surface area contributed by atoms with E-state index in [1.54, 1.807) is 29.7 Å². The number of ketones is 1. The molecule has 1 aromatic carbocycles. The summed E-state index contributed by atoms with van der Waals surface area (Å²) >= 11 is 1.48. The predicted octanol–water partition coefficient (Wildman–Crippen LogP) is 5.17. The second kappa shape index (κ2) is 8.64. The van der Waals surface area contributed by atoms with Crippen LogP contribution in [0.5, 0.6) is 5.75 Å². The third kappa shape index (κ3) is 3.75. The number of imidazole rings is 1. The van der Waals surface area contributed by atoms with Crippen molar-refractivity contribution in [1.82, 2.24) is 9.38 Å². The molecular weight excluding hydrogens is 462 g/mol. The topological polar surface area (TPSA) is 80.9 Å². The molecule has 5 rings (SSSR count). The summed E-state index contributed by atoms with van der Waals surface area (Å²) in [6.45, 7) is 1.36. The van der Waals surface area contributed by atoms with E-state index in [-0.39, 0.29) is 30.1 Å². The van der Waals surface area contributed by atoms with E-state index in [2.05, 4.69) is 4.98 Å². The summed E-state index contributed by atoms with van der Waals surface area (Å²) in [5, 5.41) is 11.6. The molecule has 0 radical (unpaired) electrons. The van der Waals surface area contributed by atoms with Crippen molar-refractivity contribution in [3.05, 3.63) is 87.0 Å². The molecule has 4 aromatic rings. The molecule has 6 nitrogen and oxygen atoms in total. The van der Waals surface area contributed by atoms with Crippen LogP contribution in [0.25, 0.3) is 5.65 Å². The molecule has 9 heteroatoms. The highest BCUT2D eigenvalue weighted by atomic mass is 32.1. The van der Waals surface area contributed by atoms with Crippen LogP contribution in [0, 0.1) is 24.5 Å². The van der Waals surface area contributed by atoms with Gasteiger partial charge in [-0.15, -0.1) is 11.3 Å². The number of fused-ring (bicyclic) bond motifs is 2. The molecule has 2 atom stereocenters. The zero-order valence-corrected chi connectivity index (χ0v) is 18.9. The van der Waals surface area contributed by atoms with E-state index in [0.29, 0.717) is 23.5 Å². The molecule has 1 aliphatic rings. The number of aryl methyl sites for hydroxylation is 1. The molecule has 0 amide bonds. The lowest BCUT2D eigenvalue weighted by Gasteiger charge is -2.16. The van der Waals surface area contributed by atoms with E-state index < -0.39 is 29.4 Å². The first-order valence-electron chi connectivity index (χ1n) is 10.7. The normalized spacial score (nSPS) is 17.1. The Labute approximate surface area is 197 Å². The lowest BCUT2D eigenvalue weighted by atomic mass is 9.90. The number of carbonyl (C=O) groups is 2. The fourth-order valence-electron chi connectivity index (χ4n) is 4.62. The van der Waals surface area contributed by atoms with Crippen molar-refractivity contribution < 1.29 is 28.2 Å². The second-order valence-corrected chi connectivity index (χ2v) is 9.24. The average Bonchev–Trinajstić information content (AvgIpc) is 3.47. The summed E-state index contributed by atoms with van der Waals surface area (Å²) in [6.07, 6.45) is 2.13. The smallest absolute Gasteiger partial charge is 0.307 e. The lowest BCUT2D eigenvalue weighted by molar-refractivity contribution is -0.142. The lowest BCUT2D eigenvalue weighted by Crippen LogP contribution is -2.21. The summed E-state index contributed by atoms with van der Waals surface area (Å²) in [7, 11) is 0. The minimum Gasteiger partial charge on any atom is -0.485 e. The number of Topliss-reactive ketones (excluding diaryl/α,β-unsaturated/α-hetero) is 1. The minimum absolute atomic E-state index is 0.0463. The average molecular weight is 483 g/mol. The Balaban J connectivity index is 1.44. The molecule has 0 aliphatic heterocycles. The summed E-state index contributed by atoms with van der Waals surface area (Å²) < 4.78 is 35.2. The quantitative estimate of drug-likeness (QED) is 0.368. The van der Waals surface area contributed by atoms with Crippen LogP contribution in [0.3, 0.4) is 0 Å². The molecule has 0 spiro atoms. The number of halogens is 2. The Kier molecular flexibility index (Phi) is 5.65. The van der Waals surface area contributed by atoms with E-state index in [0.717, 1.165) is 22.6 Å². The molecule has 34 heavy (non-hydrogen) atoms. The summed E-state index contributed by atoms with van der Waals surface area (Å²) in [5.74, 6) is -3.31. The van der Waals surface area contributed by atoms with Gasteiger partial charge < -0.3 is 9.84 Å². The number of rotatable bonds is 7. The van der Waals surface area contributed by atoms with Crippen molar-refractivity contribution in [2.24, 2.45) is 5.92 Å². The Hall–Kier alpha value is -3.59. The van der Waals surface area contributed by atoms with E-state index in [1.807, 2.05) is 11.4 Å². The number of pyridine rings is 1. The summed E-state index contributed by atoms with van der Waals surface area (Å²) in [5.41, 5.74) is 1.94. The van der Waals surface area contributed by atoms with E-state index >= 15 is 0 Å². The van der Waals surface area contributed by atoms with Crippen LogP contribution >= 0.6 is 11.3 Å². The third-order valence-electron chi connectivity index (χ3n) is 6.25. The molecule has 0 unspecified atom stereocenters. The van der Waals surface area contributed by atoms with Gasteiger partial charge in [-0.3, -0.25) is 14.0 Å². The second-order valence-electron chi connectivity index (χ2n) is 8.29. The predicted molar refractivity (Wildman–Crippen MR) is 121 cm³/mol. The number of hydrogen-bond donors (Lipinski definition) is 1. The number of hydrogen-bond acceptors (Lipinski definition) is 5. The van der Waals surface area contributed by atoms with Gasteiger partial charge in [0.2, 0.25) is 0 Å². The van der Waals surface area contributed by atoms with Gasteiger partial charge in [-0.2, -0.15) is 0 Å². The first-order valence-corrected chi connectivity index (χ1v) is 11.6. The Morgan fingerprint density at radius 1 is 1.21 bits per heavy atom. The van der Waals surface area contributed by atoms with Crippen molar-refractivity contribution in [2.75, 3.05) is 0 Å². The van der Waals surface area contributed by atoms with Gasteiger partial charge in [-0.05, 0) is 54.6 Å². The zero-order valence-electron chi connectivity index (χ0n) is 18.1. The van der Waals surface area contributed by atoms with Gasteiger partial charge in [0, 0.05) is 23.4 Å². The SMILES string of the molecule is Cc1nc2c(OCc3c(F)cccc3F)cccn2c1C(=O)C[C@@H]1c2sccc2C[C@H]1C(=O)O. The molecule has 3 aromatic heterocycles. The number of aromatic nitrogens is 2. The first kappa shape index (κ1) is 22.2. The highest BCUT2D eigenvalue weighted by molar-refractivity contribution is 7.10. The number of carbonyl (C=O) groups excluding carboxylic acids is 1. The summed E-state index contributed by atoms with van der Waals surface area (Å²) in [6, 6.07) is 8.79. The minimum atomic E-state index is -0.910.